The fourth-order valence-corrected chi connectivity index (χ4v) is 3.74. The Morgan fingerprint density at radius 3 is 1.23 bits per heavy atom. The van der Waals surface area contributed by atoms with E-state index in [0.29, 0.717) is 16.1 Å². The van der Waals surface area contributed by atoms with Gasteiger partial charge in [0.1, 0.15) is 0 Å². The Balaban J connectivity index is 3.32. The topological polar surface area (TPSA) is 113 Å². The molecule has 8 heteroatoms. The van der Waals surface area contributed by atoms with Crippen molar-refractivity contribution >= 4 is 10.3 Å². The maximum Gasteiger partial charge on any atom is 0.351 e. The van der Waals surface area contributed by atoms with Gasteiger partial charge in [-0.1, -0.05) is 113 Å². The van der Waals surface area contributed by atoms with Crippen molar-refractivity contribution in [1.29, 1.82) is 0 Å². The first-order valence-electron chi connectivity index (χ1n) is 10.4. The number of hydrogen-bond donors (Lipinski definition) is 3. The van der Waals surface area contributed by atoms with E-state index in [1.807, 2.05) is 0 Å². The number of hydrogen-bond acceptors (Lipinski definition) is 5. The lowest BCUT2D eigenvalue weighted by Gasteiger charge is -2.23. The smallest absolute Gasteiger partial charge is 0.272 e. The molecule has 26 heavy (non-hydrogen) atoms. The zero-order chi connectivity index (χ0) is 19.7. The Kier molecular flexibility index (Phi) is 16.7. The maximum absolute atomic E-state index is 11.0. The molecule has 5 N–H and O–H groups in total. The summed E-state index contributed by atoms with van der Waals surface area (Å²) in [6.45, 7) is 2.36. The number of rotatable bonds is 19. The van der Waals surface area contributed by atoms with Crippen molar-refractivity contribution in [3.63, 3.8) is 0 Å². The largest absolute Gasteiger partial charge is 0.351 e. The second-order valence-electron chi connectivity index (χ2n) is 7.21. The molecule has 0 aliphatic rings. The molecule has 0 aliphatic heterocycles. The Morgan fingerprint density at radius 1 is 0.654 bits per heavy atom. The quantitative estimate of drug-likeness (QED) is 0.130. The van der Waals surface area contributed by atoms with Crippen molar-refractivity contribution in [1.82, 2.24) is 9.64 Å². The number of hydrazine groups is 3. The highest BCUT2D eigenvalue weighted by Crippen LogP contribution is 2.14. The molecule has 0 fully saturated rings. The summed E-state index contributed by atoms with van der Waals surface area (Å²) in [4.78, 5) is 0. The fraction of sp³-hybridized carbons (Fsp3) is 1.00. The van der Waals surface area contributed by atoms with Gasteiger partial charge in [0.2, 0.25) is 0 Å². The Labute approximate surface area is 161 Å². The van der Waals surface area contributed by atoms with Crippen LogP contribution in [0.4, 0.5) is 0 Å². The summed E-state index contributed by atoms with van der Waals surface area (Å²) in [5.74, 6) is 10.4. The zero-order valence-corrected chi connectivity index (χ0v) is 17.6. The minimum atomic E-state index is -4.38. The molecule has 0 saturated carbocycles. The molecule has 0 amide bonds. The van der Waals surface area contributed by atoms with E-state index >= 15 is 0 Å². The summed E-state index contributed by atoms with van der Waals surface area (Å²) < 4.78 is 31.6. The van der Waals surface area contributed by atoms with Gasteiger partial charge < -0.3 is 0 Å². The van der Waals surface area contributed by atoms with E-state index in [-0.39, 0.29) is 6.54 Å². The SMILES string of the molecule is CCCCCCCCCCCCCCCCCCN(N(N)N)S(=O)(=O)O. The lowest BCUT2D eigenvalue weighted by atomic mass is 10.0. The van der Waals surface area contributed by atoms with Gasteiger partial charge in [0, 0.05) is 6.54 Å². The number of unbranched alkanes of at least 4 members (excludes halogenated alkanes) is 15. The van der Waals surface area contributed by atoms with Crippen LogP contribution in [0.5, 0.6) is 0 Å². The van der Waals surface area contributed by atoms with Gasteiger partial charge >= 0.3 is 10.3 Å². The molecule has 0 atom stereocenters. The van der Waals surface area contributed by atoms with Crippen LogP contribution in [-0.2, 0) is 10.3 Å². The van der Waals surface area contributed by atoms with Crippen molar-refractivity contribution in [2.75, 3.05) is 6.54 Å². The molecule has 0 spiro atoms. The molecule has 0 aromatic heterocycles. The van der Waals surface area contributed by atoms with E-state index in [0.717, 1.165) is 19.3 Å². The van der Waals surface area contributed by atoms with E-state index in [1.54, 1.807) is 0 Å². The van der Waals surface area contributed by atoms with E-state index in [2.05, 4.69) is 6.92 Å². The van der Waals surface area contributed by atoms with Crippen molar-refractivity contribution in [3.05, 3.63) is 0 Å². The van der Waals surface area contributed by atoms with Crippen LogP contribution in [0.2, 0.25) is 0 Å². The predicted molar refractivity (Wildman–Crippen MR) is 108 cm³/mol. The third-order valence-corrected chi connectivity index (χ3v) is 5.63. The number of nitrogens with zero attached hydrogens (tertiary/aromatic N) is 2. The van der Waals surface area contributed by atoms with Crippen LogP contribution in [0.25, 0.3) is 0 Å². The highest BCUT2D eigenvalue weighted by atomic mass is 32.2. The lowest BCUT2D eigenvalue weighted by molar-refractivity contribution is 0.0472. The Morgan fingerprint density at radius 2 is 0.962 bits per heavy atom. The van der Waals surface area contributed by atoms with Crippen LogP contribution in [0.15, 0.2) is 0 Å². The van der Waals surface area contributed by atoms with Gasteiger partial charge in [-0.15, -0.1) is 0 Å². The average molecular weight is 395 g/mol. The zero-order valence-electron chi connectivity index (χ0n) is 16.7. The van der Waals surface area contributed by atoms with Crippen LogP contribution in [-0.4, -0.2) is 29.2 Å². The van der Waals surface area contributed by atoms with Gasteiger partial charge in [-0.3, -0.25) is 4.55 Å². The summed E-state index contributed by atoms with van der Waals surface area (Å²) in [5, 5.41) is 0.417. The summed E-state index contributed by atoms with van der Waals surface area (Å²) in [6.07, 6.45) is 20.0. The van der Waals surface area contributed by atoms with Gasteiger partial charge in [0.05, 0.1) is 0 Å². The Hall–Kier alpha value is -0.250. The van der Waals surface area contributed by atoms with Crippen LogP contribution < -0.4 is 11.7 Å². The molecule has 0 bridgehead atoms. The van der Waals surface area contributed by atoms with Crippen molar-refractivity contribution in [2.24, 2.45) is 11.7 Å². The van der Waals surface area contributed by atoms with E-state index < -0.39 is 10.3 Å². The molecule has 0 aromatic rings. The van der Waals surface area contributed by atoms with Gasteiger partial charge in [-0.2, -0.15) is 8.42 Å². The van der Waals surface area contributed by atoms with E-state index in [4.69, 9.17) is 16.2 Å². The maximum atomic E-state index is 11.0. The predicted octanol–water partition coefficient (Wildman–Crippen LogP) is 4.32. The molecule has 0 radical (unpaired) electrons. The standard InChI is InChI=1S/C18H42N4O3S/c1-2-3-4-5-6-7-8-9-10-11-12-13-14-15-16-17-18-21(22(19)20)26(23,24)25/h2-20H2,1H3,(H,23,24,25). The highest BCUT2D eigenvalue weighted by molar-refractivity contribution is 7.83. The molecule has 0 unspecified atom stereocenters. The first-order valence-corrected chi connectivity index (χ1v) is 11.8. The molecule has 0 rings (SSSR count). The molecule has 0 heterocycles. The molecule has 0 saturated heterocycles. The van der Waals surface area contributed by atoms with Crippen molar-refractivity contribution in [3.8, 4) is 0 Å². The third kappa shape index (κ3) is 16.0. The third-order valence-electron chi connectivity index (χ3n) is 4.73. The lowest BCUT2D eigenvalue weighted by Crippen LogP contribution is -2.54. The van der Waals surface area contributed by atoms with Crippen molar-refractivity contribution < 1.29 is 13.0 Å². The van der Waals surface area contributed by atoms with Gasteiger partial charge in [0.25, 0.3) is 0 Å². The normalized spacial score (nSPS) is 12.4. The first kappa shape index (κ1) is 25.8. The molecular formula is C18H42N4O3S. The fourth-order valence-electron chi connectivity index (χ4n) is 3.15. The van der Waals surface area contributed by atoms with Crippen LogP contribution in [0.1, 0.15) is 110 Å². The van der Waals surface area contributed by atoms with Crippen LogP contribution in [0.3, 0.4) is 0 Å². The van der Waals surface area contributed by atoms with E-state index in [1.165, 1.54) is 77.0 Å². The van der Waals surface area contributed by atoms with Gasteiger partial charge in [-0.25, -0.2) is 11.7 Å². The molecule has 0 aromatic carbocycles. The summed E-state index contributed by atoms with van der Waals surface area (Å²) in [5.41, 5.74) is 0. The molecule has 7 nitrogen and oxygen atoms in total. The molecule has 0 aliphatic carbocycles. The monoisotopic (exact) mass is 394 g/mol. The molecular weight excluding hydrogens is 352 g/mol. The minimum absolute atomic E-state index is 0.101. The molecule has 158 valence electrons. The summed E-state index contributed by atoms with van der Waals surface area (Å²) >= 11 is 0. The second kappa shape index (κ2) is 16.9. The minimum Gasteiger partial charge on any atom is -0.272 e. The van der Waals surface area contributed by atoms with E-state index in [9.17, 15) is 8.42 Å². The highest BCUT2D eigenvalue weighted by Gasteiger charge is 2.21. The summed E-state index contributed by atoms with van der Waals surface area (Å²) in [7, 11) is -4.38. The average Bonchev–Trinajstić information content (AvgIpc) is 2.56. The van der Waals surface area contributed by atoms with Crippen LogP contribution in [0, 0.1) is 0 Å². The first-order chi connectivity index (χ1) is 12.4. The van der Waals surface area contributed by atoms with Gasteiger partial charge in [-0.05, 0) is 6.42 Å². The second-order valence-corrected chi connectivity index (χ2v) is 8.52. The van der Waals surface area contributed by atoms with Gasteiger partial charge in [0.15, 0.2) is 0 Å². The van der Waals surface area contributed by atoms with Crippen molar-refractivity contribution in [2.45, 2.75) is 110 Å². The number of nitrogens with two attached hydrogens (primary N) is 2. The summed E-state index contributed by atoms with van der Waals surface area (Å²) in [6, 6.07) is 0. The Bertz CT molecular complexity index is 405. The van der Waals surface area contributed by atoms with Crippen LogP contribution >= 0.6 is 0 Å².